The monoisotopic (exact) mass is 252 g/mol. The first kappa shape index (κ1) is 15.0. The van der Waals surface area contributed by atoms with E-state index in [1.165, 1.54) is 0 Å². The summed E-state index contributed by atoms with van der Waals surface area (Å²) in [5.41, 5.74) is -0.430. The highest BCUT2D eigenvalue weighted by Gasteiger charge is 2.46. The van der Waals surface area contributed by atoms with Crippen molar-refractivity contribution in [2.24, 2.45) is 0 Å². The highest BCUT2D eigenvalue weighted by molar-refractivity contribution is 5.81. The predicted octanol–water partition coefficient (Wildman–Crippen LogP) is 1.06. The van der Waals surface area contributed by atoms with Crippen LogP contribution in [0.3, 0.4) is 0 Å². The first-order chi connectivity index (χ1) is 8.18. The molecule has 0 aromatic heterocycles. The maximum Gasteiger partial charge on any atom is 0.237 e. The number of carbonyl (C=O) groups is 1. The summed E-state index contributed by atoms with van der Waals surface area (Å²) < 4.78 is 5.98. The third kappa shape index (κ3) is 3.72. The van der Waals surface area contributed by atoms with Gasteiger partial charge in [0.1, 0.15) is 0 Å². The summed E-state index contributed by atoms with van der Waals surface area (Å²) in [5.74, 6) is 2.32. The molecule has 1 saturated heterocycles. The maximum absolute atomic E-state index is 11.8. The Hall–Kier alpha value is -1.05. The standard InChI is InChI=1S/C14H24N2O2/c1-7-8-15-12(17)10(2)16-11-9-13(3,4)18-14(11,5)6/h1,10-11,16H,8-9H2,2-6H3,(H,15,17)/t10-,11-/m0/s1. The van der Waals surface area contributed by atoms with Crippen LogP contribution in [0.25, 0.3) is 0 Å². The van der Waals surface area contributed by atoms with Crippen molar-refractivity contribution >= 4 is 5.91 Å². The third-order valence-corrected chi connectivity index (χ3v) is 3.28. The van der Waals surface area contributed by atoms with Crippen molar-refractivity contribution in [3.8, 4) is 12.3 Å². The quantitative estimate of drug-likeness (QED) is 0.736. The first-order valence-electron chi connectivity index (χ1n) is 6.35. The molecule has 4 nitrogen and oxygen atoms in total. The molecule has 102 valence electrons. The Morgan fingerprint density at radius 1 is 1.50 bits per heavy atom. The van der Waals surface area contributed by atoms with Crippen molar-refractivity contribution in [3.63, 3.8) is 0 Å². The van der Waals surface area contributed by atoms with E-state index in [0.717, 1.165) is 6.42 Å². The molecule has 0 saturated carbocycles. The highest BCUT2D eigenvalue weighted by atomic mass is 16.5. The summed E-state index contributed by atoms with van der Waals surface area (Å²) in [6.45, 7) is 10.3. The molecule has 4 heteroatoms. The summed E-state index contributed by atoms with van der Waals surface area (Å²) in [5, 5.41) is 6.00. The predicted molar refractivity (Wildman–Crippen MR) is 72.1 cm³/mol. The molecule has 0 radical (unpaired) electrons. The Kier molecular flexibility index (Phi) is 4.41. The molecule has 2 atom stereocenters. The van der Waals surface area contributed by atoms with Gasteiger partial charge in [0.25, 0.3) is 0 Å². The van der Waals surface area contributed by atoms with Crippen molar-refractivity contribution in [1.82, 2.24) is 10.6 Å². The Bertz CT molecular complexity index is 355. The van der Waals surface area contributed by atoms with E-state index >= 15 is 0 Å². The Balaban J connectivity index is 2.57. The molecule has 0 unspecified atom stereocenters. The third-order valence-electron chi connectivity index (χ3n) is 3.28. The zero-order valence-electron chi connectivity index (χ0n) is 12.0. The molecule has 0 bridgehead atoms. The number of amides is 1. The molecule has 1 rings (SSSR count). The second-order valence-corrected chi connectivity index (χ2v) is 6.03. The average molecular weight is 252 g/mol. The van der Waals surface area contributed by atoms with Crippen LogP contribution in [0.1, 0.15) is 41.0 Å². The topological polar surface area (TPSA) is 50.4 Å². The Morgan fingerprint density at radius 3 is 2.56 bits per heavy atom. The normalized spacial score (nSPS) is 26.3. The molecule has 1 fully saturated rings. The Morgan fingerprint density at radius 2 is 2.11 bits per heavy atom. The van der Waals surface area contributed by atoms with E-state index in [2.05, 4.69) is 30.4 Å². The van der Waals surface area contributed by atoms with Crippen molar-refractivity contribution in [3.05, 3.63) is 0 Å². The molecule has 0 aromatic carbocycles. The van der Waals surface area contributed by atoms with Gasteiger partial charge in [-0.15, -0.1) is 6.42 Å². The van der Waals surface area contributed by atoms with Crippen molar-refractivity contribution in [1.29, 1.82) is 0 Å². The lowest BCUT2D eigenvalue weighted by Crippen LogP contribution is -2.52. The highest BCUT2D eigenvalue weighted by Crippen LogP contribution is 2.37. The van der Waals surface area contributed by atoms with E-state index in [1.54, 1.807) is 0 Å². The van der Waals surface area contributed by atoms with E-state index in [0.29, 0.717) is 0 Å². The fourth-order valence-electron chi connectivity index (χ4n) is 2.49. The van der Waals surface area contributed by atoms with Gasteiger partial charge in [-0.25, -0.2) is 0 Å². The van der Waals surface area contributed by atoms with Gasteiger partial charge in [-0.05, 0) is 41.0 Å². The molecule has 0 spiro atoms. The van der Waals surface area contributed by atoms with Gasteiger partial charge in [0, 0.05) is 6.04 Å². The number of rotatable bonds is 4. The summed E-state index contributed by atoms with van der Waals surface area (Å²) >= 11 is 0. The van der Waals surface area contributed by atoms with Gasteiger partial charge in [0.2, 0.25) is 5.91 Å². The number of terminal acetylenes is 1. The molecule has 1 amide bonds. The maximum atomic E-state index is 11.8. The smallest absolute Gasteiger partial charge is 0.237 e. The summed E-state index contributed by atoms with van der Waals surface area (Å²) in [7, 11) is 0. The van der Waals surface area contributed by atoms with E-state index < -0.39 is 0 Å². The van der Waals surface area contributed by atoms with Crippen LogP contribution < -0.4 is 10.6 Å². The van der Waals surface area contributed by atoms with Crippen LogP contribution >= 0.6 is 0 Å². The molecular weight excluding hydrogens is 228 g/mol. The van der Waals surface area contributed by atoms with Crippen molar-refractivity contribution in [2.45, 2.75) is 64.3 Å². The van der Waals surface area contributed by atoms with Crippen molar-refractivity contribution < 1.29 is 9.53 Å². The van der Waals surface area contributed by atoms with E-state index in [4.69, 9.17) is 11.2 Å². The van der Waals surface area contributed by atoms with Gasteiger partial charge in [-0.3, -0.25) is 4.79 Å². The summed E-state index contributed by atoms with van der Waals surface area (Å²) in [6.07, 6.45) is 6.00. The largest absolute Gasteiger partial charge is 0.368 e. The molecule has 1 aliphatic heterocycles. The van der Waals surface area contributed by atoms with Gasteiger partial charge in [0.15, 0.2) is 0 Å². The van der Waals surface area contributed by atoms with Crippen LogP contribution in [0.15, 0.2) is 0 Å². The fraction of sp³-hybridized carbons (Fsp3) is 0.786. The Labute approximate surface area is 110 Å². The van der Waals surface area contributed by atoms with Crippen LogP contribution in [0.2, 0.25) is 0 Å². The molecule has 0 aliphatic carbocycles. The fourth-order valence-corrected chi connectivity index (χ4v) is 2.49. The van der Waals surface area contributed by atoms with E-state index in [9.17, 15) is 4.79 Å². The van der Waals surface area contributed by atoms with Gasteiger partial charge < -0.3 is 15.4 Å². The zero-order valence-corrected chi connectivity index (χ0v) is 12.0. The minimum atomic E-state index is -0.278. The lowest BCUT2D eigenvalue weighted by molar-refractivity contribution is -0.123. The number of hydrogen-bond acceptors (Lipinski definition) is 3. The lowest BCUT2D eigenvalue weighted by Gasteiger charge is -2.29. The molecule has 1 aliphatic rings. The van der Waals surface area contributed by atoms with Gasteiger partial charge in [-0.2, -0.15) is 0 Å². The number of hydrogen-bond donors (Lipinski definition) is 2. The minimum absolute atomic E-state index is 0.0755. The molecule has 1 heterocycles. The van der Waals surface area contributed by atoms with Crippen molar-refractivity contribution in [2.75, 3.05) is 6.54 Å². The number of nitrogens with one attached hydrogen (secondary N) is 2. The summed E-state index contributed by atoms with van der Waals surface area (Å²) in [4.78, 5) is 11.8. The lowest BCUT2D eigenvalue weighted by atomic mass is 9.94. The average Bonchev–Trinajstić information content (AvgIpc) is 2.43. The van der Waals surface area contributed by atoms with E-state index in [1.807, 2.05) is 20.8 Å². The number of ether oxygens (including phenoxy) is 1. The van der Waals surface area contributed by atoms with Crippen LogP contribution in [0.4, 0.5) is 0 Å². The van der Waals surface area contributed by atoms with Gasteiger partial charge in [0.05, 0.1) is 23.8 Å². The van der Waals surface area contributed by atoms with Crippen LogP contribution in [0.5, 0.6) is 0 Å². The van der Waals surface area contributed by atoms with Crippen LogP contribution in [-0.4, -0.2) is 35.7 Å². The van der Waals surface area contributed by atoms with Gasteiger partial charge in [-0.1, -0.05) is 5.92 Å². The molecule has 0 aromatic rings. The summed E-state index contributed by atoms with van der Waals surface area (Å²) in [6, 6.07) is -0.126. The van der Waals surface area contributed by atoms with Crippen LogP contribution in [-0.2, 0) is 9.53 Å². The number of carbonyl (C=O) groups excluding carboxylic acids is 1. The minimum Gasteiger partial charge on any atom is -0.368 e. The second-order valence-electron chi connectivity index (χ2n) is 6.03. The first-order valence-corrected chi connectivity index (χ1v) is 6.35. The van der Waals surface area contributed by atoms with E-state index in [-0.39, 0.29) is 35.7 Å². The zero-order chi connectivity index (χ0) is 14.0. The van der Waals surface area contributed by atoms with Crippen LogP contribution in [0, 0.1) is 12.3 Å². The second kappa shape index (κ2) is 5.29. The van der Waals surface area contributed by atoms with Gasteiger partial charge >= 0.3 is 0 Å². The molecular formula is C14H24N2O2. The SMILES string of the molecule is C#CCNC(=O)[C@H](C)N[C@H]1CC(C)(C)OC1(C)C. The molecule has 2 N–H and O–H groups in total. The molecule has 18 heavy (non-hydrogen) atoms.